The molecule has 0 unspecified atom stereocenters. The summed E-state index contributed by atoms with van der Waals surface area (Å²) in [7, 11) is -3.23. The van der Waals surface area contributed by atoms with Crippen LogP contribution in [0, 0.1) is 0 Å². The number of nitrogens with two attached hydrogens (primary N) is 1. The van der Waals surface area contributed by atoms with Crippen molar-refractivity contribution in [3.63, 3.8) is 0 Å². The molecule has 0 fully saturated rings. The van der Waals surface area contributed by atoms with E-state index in [4.69, 9.17) is 10.5 Å². The number of hydrogen-bond acceptors (Lipinski definition) is 4. The highest BCUT2D eigenvalue weighted by atomic mass is 32.2. The van der Waals surface area contributed by atoms with Crippen LogP contribution in [-0.4, -0.2) is 14.7 Å². The zero-order valence-corrected chi connectivity index (χ0v) is 12.2. The molecule has 0 aliphatic heterocycles. The molecule has 0 aromatic heterocycles. The summed E-state index contributed by atoms with van der Waals surface area (Å²) >= 11 is 0. The van der Waals surface area contributed by atoms with Crippen molar-refractivity contribution in [1.82, 2.24) is 0 Å². The summed E-state index contributed by atoms with van der Waals surface area (Å²) in [4.78, 5) is 0.238. The maximum absolute atomic E-state index is 11.5. The molecule has 0 aliphatic rings. The highest BCUT2D eigenvalue weighted by Crippen LogP contribution is 2.25. The van der Waals surface area contributed by atoms with Gasteiger partial charge in [-0.3, -0.25) is 0 Å². The van der Waals surface area contributed by atoms with E-state index in [1.807, 2.05) is 31.2 Å². The molecule has 4 nitrogen and oxygen atoms in total. The maximum atomic E-state index is 11.5. The molecule has 0 heterocycles. The molecule has 106 valence electrons. The molecule has 0 bridgehead atoms. The highest BCUT2D eigenvalue weighted by Gasteiger charge is 2.08. The topological polar surface area (TPSA) is 69.4 Å². The van der Waals surface area contributed by atoms with Gasteiger partial charge in [-0.05, 0) is 42.8 Å². The first-order valence-electron chi connectivity index (χ1n) is 6.20. The number of rotatable bonds is 4. The van der Waals surface area contributed by atoms with E-state index in [2.05, 4.69) is 0 Å². The van der Waals surface area contributed by atoms with Crippen molar-refractivity contribution in [2.24, 2.45) is 5.73 Å². The molecule has 0 saturated carbocycles. The standard InChI is InChI=1S/C15H17NO3S/c1-11(16)12-6-8-13(9-7-12)19-14-4-3-5-15(10-14)20(2,17)18/h3-11H,16H2,1-2H3/t11-/m0/s1. The lowest BCUT2D eigenvalue weighted by Crippen LogP contribution is -2.04. The fourth-order valence-corrected chi connectivity index (χ4v) is 2.40. The van der Waals surface area contributed by atoms with E-state index in [0.29, 0.717) is 11.5 Å². The Morgan fingerprint density at radius 1 is 1.05 bits per heavy atom. The van der Waals surface area contributed by atoms with E-state index < -0.39 is 9.84 Å². The lowest BCUT2D eigenvalue weighted by Gasteiger charge is -2.09. The van der Waals surface area contributed by atoms with Crippen LogP contribution in [0.2, 0.25) is 0 Å². The van der Waals surface area contributed by atoms with Crippen LogP contribution in [-0.2, 0) is 9.84 Å². The van der Waals surface area contributed by atoms with Crippen molar-refractivity contribution in [1.29, 1.82) is 0 Å². The summed E-state index contributed by atoms with van der Waals surface area (Å²) in [6.45, 7) is 1.91. The van der Waals surface area contributed by atoms with Crippen molar-refractivity contribution in [3.8, 4) is 11.5 Å². The molecule has 5 heteroatoms. The van der Waals surface area contributed by atoms with Crippen molar-refractivity contribution in [3.05, 3.63) is 54.1 Å². The minimum absolute atomic E-state index is 0.0300. The van der Waals surface area contributed by atoms with Crippen LogP contribution in [0.3, 0.4) is 0 Å². The first-order valence-corrected chi connectivity index (χ1v) is 8.09. The minimum Gasteiger partial charge on any atom is -0.457 e. The van der Waals surface area contributed by atoms with Gasteiger partial charge in [0.1, 0.15) is 11.5 Å². The molecular weight excluding hydrogens is 274 g/mol. The molecule has 20 heavy (non-hydrogen) atoms. The summed E-state index contributed by atoms with van der Waals surface area (Å²) in [6, 6.07) is 13.8. The third-order valence-corrected chi connectivity index (χ3v) is 3.99. The lowest BCUT2D eigenvalue weighted by molar-refractivity contribution is 0.480. The largest absolute Gasteiger partial charge is 0.457 e. The van der Waals surface area contributed by atoms with Gasteiger partial charge in [0, 0.05) is 12.3 Å². The monoisotopic (exact) mass is 291 g/mol. The minimum atomic E-state index is -3.23. The smallest absolute Gasteiger partial charge is 0.175 e. The Bertz CT molecular complexity index is 691. The molecule has 2 aromatic rings. The number of ether oxygens (including phenoxy) is 1. The summed E-state index contributed by atoms with van der Waals surface area (Å²) in [5.41, 5.74) is 6.79. The molecule has 2 N–H and O–H groups in total. The first-order chi connectivity index (χ1) is 9.36. The van der Waals surface area contributed by atoms with Gasteiger partial charge in [-0.1, -0.05) is 18.2 Å². The van der Waals surface area contributed by atoms with Gasteiger partial charge in [-0.2, -0.15) is 0 Å². The Labute approximate surface area is 119 Å². The molecule has 0 radical (unpaired) electrons. The Hall–Kier alpha value is -1.85. The van der Waals surface area contributed by atoms with E-state index in [1.54, 1.807) is 18.2 Å². The van der Waals surface area contributed by atoms with Crippen LogP contribution in [0.25, 0.3) is 0 Å². The van der Waals surface area contributed by atoms with Gasteiger partial charge < -0.3 is 10.5 Å². The molecule has 1 atom stereocenters. The second-order valence-corrected chi connectivity index (χ2v) is 6.72. The Morgan fingerprint density at radius 2 is 1.70 bits per heavy atom. The third kappa shape index (κ3) is 3.59. The van der Waals surface area contributed by atoms with E-state index in [-0.39, 0.29) is 10.9 Å². The average Bonchev–Trinajstić information content (AvgIpc) is 2.38. The van der Waals surface area contributed by atoms with E-state index >= 15 is 0 Å². The van der Waals surface area contributed by atoms with Crippen molar-refractivity contribution < 1.29 is 13.2 Å². The van der Waals surface area contributed by atoms with Gasteiger partial charge in [0.2, 0.25) is 0 Å². The quantitative estimate of drug-likeness (QED) is 0.940. The lowest BCUT2D eigenvalue weighted by atomic mass is 10.1. The van der Waals surface area contributed by atoms with Crippen LogP contribution in [0.15, 0.2) is 53.4 Å². The van der Waals surface area contributed by atoms with Crippen LogP contribution in [0.1, 0.15) is 18.5 Å². The summed E-state index contributed by atoms with van der Waals surface area (Å²) < 4.78 is 28.6. The number of sulfone groups is 1. The molecule has 0 amide bonds. The van der Waals surface area contributed by atoms with E-state index in [1.165, 1.54) is 12.3 Å². The van der Waals surface area contributed by atoms with Crippen molar-refractivity contribution >= 4 is 9.84 Å². The first kappa shape index (κ1) is 14.6. The van der Waals surface area contributed by atoms with Crippen molar-refractivity contribution in [2.75, 3.05) is 6.26 Å². The normalized spacial score (nSPS) is 12.9. The fraction of sp³-hybridized carbons (Fsp3) is 0.200. The summed E-state index contributed by atoms with van der Waals surface area (Å²) in [5, 5.41) is 0. The van der Waals surface area contributed by atoms with Crippen molar-refractivity contribution in [2.45, 2.75) is 17.9 Å². The Balaban J connectivity index is 2.22. The van der Waals surface area contributed by atoms with Gasteiger partial charge in [0.05, 0.1) is 4.90 Å². The second-order valence-electron chi connectivity index (χ2n) is 4.71. The molecule has 2 rings (SSSR count). The maximum Gasteiger partial charge on any atom is 0.175 e. The molecular formula is C15H17NO3S. The second kappa shape index (κ2) is 5.64. The van der Waals surface area contributed by atoms with E-state index in [9.17, 15) is 8.42 Å². The average molecular weight is 291 g/mol. The molecule has 2 aromatic carbocycles. The SMILES string of the molecule is C[C@H](N)c1ccc(Oc2cccc(S(C)(=O)=O)c2)cc1. The van der Waals surface area contributed by atoms with Crippen LogP contribution in [0.4, 0.5) is 0 Å². The molecule has 0 aliphatic carbocycles. The third-order valence-electron chi connectivity index (χ3n) is 2.88. The highest BCUT2D eigenvalue weighted by molar-refractivity contribution is 7.90. The van der Waals surface area contributed by atoms with Gasteiger partial charge >= 0.3 is 0 Å². The van der Waals surface area contributed by atoms with Gasteiger partial charge in [-0.25, -0.2) is 8.42 Å². The van der Waals surface area contributed by atoms with Crippen LogP contribution < -0.4 is 10.5 Å². The zero-order valence-electron chi connectivity index (χ0n) is 11.4. The van der Waals surface area contributed by atoms with Gasteiger partial charge in [-0.15, -0.1) is 0 Å². The van der Waals surface area contributed by atoms with E-state index in [0.717, 1.165) is 5.56 Å². The number of hydrogen-bond donors (Lipinski definition) is 1. The van der Waals surface area contributed by atoms with Crippen LogP contribution in [0.5, 0.6) is 11.5 Å². The summed E-state index contributed by atoms with van der Waals surface area (Å²) in [5.74, 6) is 1.13. The Morgan fingerprint density at radius 3 is 2.25 bits per heavy atom. The molecule has 0 spiro atoms. The zero-order chi connectivity index (χ0) is 14.8. The predicted octanol–water partition coefficient (Wildman–Crippen LogP) is 2.90. The fourth-order valence-electron chi connectivity index (χ4n) is 1.74. The van der Waals surface area contributed by atoms with Gasteiger partial charge in [0.25, 0.3) is 0 Å². The molecule has 0 saturated heterocycles. The Kier molecular flexibility index (Phi) is 4.11. The number of benzene rings is 2. The summed E-state index contributed by atoms with van der Waals surface area (Å²) in [6.07, 6.45) is 1.17. The van der Waals surface area contributed by atoms with Crippen LogP contribution >= 0.6 is 0 Å². The predicted molar refractivity (Wildman–Crippen MR) is 78.7 cm³/mol. The van der Waals surface area contributed by atoms with Gasteiger partial charge in [0.15, 0.2) is 9.84 Å².